The van der Waals surface area contributed by atoms with Crippen LogP contribution in [0.4, 0.5) is 5.69 Å². The maximum absolute atomic E-state index is 12.7. The van der Waals surface area contributed by atoms with Gasteiger partial charge in [0.05, 0.1) is 10.9 Å². The minimum absolute atomic E-state index is 0.0148. The number of imidazole rings is 1. The molecule has 1 heterocycles. The van der Waals surface area contributed by atoms with Gasteiger partial charge in [-0.1, -0.05) is 43.2 Å². The summed E-state index contributed by atoms with van der Waals surface area (Å²) in [7, 11) is 0. The number of hydrogen-bond acceptors (Lipinski definition) is 4. The van der Waals surface area contributed by atoms with E-state index >= 15 is 0 Å². The van der Waals surface area contributed by atoms with Crippen LogP contribution in [0.3, 0.4) is 0 Å². The number of hydrogen-bond donors (Lipinski definition) is 1. The van der Waals surface area contributed by atoms with Gasteiger partial charge in [0.2, 0.25) is 5.91 Å². The Morgan fingerprint density at radius 2 is 1.93 bits per heavy atom. The predicted molar refractivity (Wildman–Crippen MR) is 114 cm³/mol. The van der Waals surface area contributed by atoms with Gasteiger partial charge in [-0.3, -0.25) is 9.59 Å². The Bertz CT molecular complexity index is 869. The summed E-state index contributed by atoms with van der Waals surface area (Å²) in [5.74, 6) is -0.0989. The highest BCUT2D eigenvalue weighted by Gasteiger charge is 2.25. The van der Waals surface area contributed by atoms with Crippen molar-refractivity contribution in [2.75, 3.05) is 5.32 Å². The molecule has 0 aliphatic heterocycles. The molecule has 1 saturated carbocycles. The standard InChI is InChI=1S/C22H29N3O2S/c1-14-15(2)25(20-11-6-5-7-12-20)22(23-14)28-17(4)21(27)24-19-10-8-9-18(13-19)16(3)26/h8-10,13,17,20H,5-7,11-12H2,1-4H3,(H,24,27). The summed E-state index contributed by atoms with van der Waals surface area (Å²) in [5, 5.41) is 3.57. The molecule has 150 valence electrons. The van der Waals surface area contributed by atoms with Crippen molar-refractivity contribution in [1.29, 1.82) is 0 Å². The van der Waals surface area contributed by atoms with Gasteiger partial charge in [-0.05, 0) is 52.7 Å². The number of carbonyl (C=O) groups is 2. The van der Waals surface area contributed by atoms with Gasteiger partial charge >= 0.3 is 0 Å². The molecule has 6 heteroatoms. The van der Waals surface area contributed by atoms with E-state index in [4.69, 9.17) is 4.98 Å². The maximum Gasteiger partial charge on any atom is 0.237 e. The first-order chi connectivity index (χ1) is 13.4. The lowest BCUT2D eigenvalue weighted by molar-refractivity contribution is -0.115. The molecule has 1 aromatic heterocycles. The molecule has 1 amide bonds. The minimum Gasteiger partial charge on any atom is -0.325 e. The Labute approximate surface area is 171 Å². The van der Waals surface area contributed by atoms with Crippen LogP contribution >= 0.6 is 11.8 Å². The van der Waals surface area contributed by atoms with Crippen LogP contribution in [0.25, 0.3) is 0 Å². The number of aromatic nitrogens is 2. The van der Waals surface area contributed by atoms with E-state index in [1.807, 2.05) is 13.8 Å². The zero-order valence-electron chi connectivity index (χ0n) is 17.1. The molecule has 3 rings (SSSR count). The van der Waals surface area contributed by atoms with Crippen LogP contribution in [0.5, 0.6) is 0 Å². The molecule has 0 radical (unpaired) electrons. The maximum atomic E-state index is 12.7. The van der Waals surface area contributed by atoms with E-state index in [9.17, 15) is 9.59 Å². The molecular weight excluding hydrogens is 370 g/mol. The first kappa shape index (κ1) is 20.6. The van der Waals surface area contributed by atoms with Crippen molar-refractivity contribution in [3.05, 3.63) is 41.2 Å². The van der Waals surface area contributed by atoms with Crippen LogP contribution < -0.4 is 5.32 Å². The molecule has 2 aromatic rings. The number of amides is 1. The van der Waals surface area contributed by atoms with Gasteiger partial charge in [-0.2, -0.15) is 0 Å². The van der Waals surface area contributed by atoms with E-state index in [0.29, 0.717) is 17.3 Å². The van der Waals surface area contributed by atoms with E-state index in [1.165, 1.54) is 56.5 Å². The zero-order chi connectivity index (χ0) is 20.3. The van der Waals surface area contributed by atoms with E-state index in [0.717, 1.165) is 10.9 Å². The minimum atomic E-state index is -0.287. The molecule has 5 nitrogen and oxygen atoms in total. The lowest BCUT2D eigenvalue weighted by Gasteiger charge is -2.26. The molecule has 0 saturated heterocycles. The third-order valence-corrected chi connectivity index (χ3v) is 6.55. The molecule has 1 aromatic carbocycles. The predicted octanol–water partition coefficient (Wildman–Crippen LogP) is 5.33. The highest BCUT2D eigenvalue weighted by atomic mass is 32.2. The fourth-order valence-electron chi connectivity index (χ4n) is 3.72. The molecule has 1 fully saturated rings. The number of carbonyl (C=O) groups excluding carboxylic acids is 2. The molecule has 1 aliphatic carbocycles. The topological polar surface area (TPSA) is 64.0 Å². The summed E-state index contributed by atoms with van der Waals surface area (Å²) >= 11 is 1.51. The van der Waals surface area contributed by atoms with Crippen molar-refractivity contribution in [1.82, 2.24) is 9.55 Å². The van der Waals surface area contributed by atoms with E-state index < -0.39 is 0 Å². The first-order valence-electron chi connectivity index (χ1n) is 10.0. The van der Waals surface area contributed by atoms with Crippen LogP contribution in [0.2, 0.25) is 0 Å². The van der Waals surface area contributed by atoms with Crippen LogP contribution in [-0.2, 0) is 4.79 Å². The van der Waals surface area contributed by atoms with Crippen molar-refractivity contribution in [3.63, 3.8) is 0 Å². The smallest absolute Gasteiger partial charge is 0.237 e. The highest BCUT2D eigenvalue weighted by molar-refractivity contribution is 8.00. The Balaban J connectivity index is 1.73. The number of rotatable bonds is 6. The summed E-state index contributed by atoms with van der Waals surface area (Å²) in [6, 6.07) is 7.54. The summed E-state index contributed by atoms with van der Waals surface area (Å²) in [4.78, 5) is 29.0. The van der Waals surface area contributed by atoms with E-state index in [-0.39, 0.29) is 16.9 Å². The summed E-state index contributed by atoms with van der Waals surface area (Å²) < 4.78 is 2.35. The fraction of sp³-hybridized carbons (Fsp3) is 0.500. The third-order valence-electron chi connectivity index (χ3n) is 5.48. The Morgan fingerprint density at radius 1 is 1.21 bits per heavy atom. The lowest BCUT2D eigenvalue weighted by Crippen LogP contribution is -2.23. The number of aryl methyl sites for hydroxylation is 1. The average molecular weight is 400 g/mol. The van der Waals surface area contributed by atoms with Crippen LogP contribution in [0, 0.1) is 13.8 Å². The van der Waals surface area contributed by atoms with E-state index in [2.05, 4.69) is 16.8 Å². The molecule has 0 spiro atoms. The van der Waals surface area contributed by atoms with Gasteiger partial charge in [-0.15, -0.1) is 0 Å². The summed E-state index contributed by atoms with van der Waals surface area (Å²) in [5.41, 5.74) is 3.48. The first-order valence-corrected chi connectivity index (χ1v) is 10.9. The van der Waals surface area contributed by atoms with Crippen molar-refractivity contribution >= 4 is 29.1 Å². The number of Topliss-reactive ketones (excluding diaryl/α,β-unsaturated/α-hetero) is 1. The van der Waals surface area contributed by atoms with Crippen LogP contribution in [-0.4, -0.2) is 26.5 Å². The van der Waals surface area contributed by atoms with Gasteiger partial charge in [-0.25, -0.2) is 4.98 Å². The molecule has 0 bridgehead atoms. The van der Waals surface area contributed by atoms with Crippen LogP contribution in [0.1, 0.15) is 73.7 Å². The molecule has 1 aliphatic rings. The quantitative estimate of drug-likeness (QED) is 0.527. The highest BCUT2D eigenvalue weighted by Crippen LogP contribution is 2.35. The number of benzene rings is 1. The Morgan fingerprint density at radius 3 is 2.61 bits per heavy atom. The molecule has 28 heavy (non-hydrogen) atoms. The average Bonchev–Trinajstić information content (AvgIpc) is 2.96. The number of nitrogens with one attached hydrogen (secondary N) is 1. The molecular formula is C22H29N3O2S. The number of nitrogens with zero attached hydrogens (tertiary/aromatic N) is 2. The number of anilines is 1. The fourth-order valence-corrected chi connectivity index (χ4v) is 4.79. The van der Waals surface area contributed by atoms with Gasteiger partial charge < -0.3 is 9.88 Å². The Kier molecular flexibility index (Phi) is 6.60. The number of ketones is 1. The van der Waals surface area contributed by atoms with Gasteiger partial charge in [0.1, 0.15) is 0 Å². The molecule has 1 atom stereocenters. The number of thioether (sulfide) groups is 1. The van der Waals surface area contributed by atoms with Gasteiger partial charge in [0.15, 0.2) is 10.9 Å². The zero-order valence-corrected chi connectivity index (χ0v) is 17.9. The van der Waals surface area contributed by atoms with E-state index in [1.54, 1.807) is 24.3 Å². The second-order valence-electron chi connectivity index (χ2n) is 7.61. The van der Waals surface area contributed by atoms with Gasteiger partial charge in [0.25, 0.3) is 0 Å². The SMILES string of the molecule is CC(=O)c1cccc(NC(=O)C(C)Sc2nc(C)c(C)n2C2CCCCC2)c1. The lowest BCUT2D eigenvalue weighted by atomic mass is 9.95. The summed E-state index contributed by atoms with van der Waals surface area (Å²) in [6.45, 7) is 7.59. The van der Waals surface area contributed by atoms with Gasteiger partial charge in [0, 0.05) is 23.0 Å². The largest absolute Gasteiger partial charge is 0.325 e. The van der Waals surface area contributed by atoms with Crippen molar-refractivity contribution in [3.8, 4) is 0 Å². The van der Waals surface area contributed by atoms with Crippen molar-refractivity contribution in [2.45, 2.75) is 76.2 Å². The molecule has 1 unspecified atom stereocenters. The molecule has 1 N–H and O–H groups in total. The second kappa shape index (κ2) is 8.95. The monoisotopic (exact) mass is 399 g/mol. The third kappa shape index (κ3) is 4.66. The Hall–Kier alpha value is -2.08. The second-order valence-corrected chi connectivity index (χ2v) is 8.92. The summed E-state index contributed by atoms with van der Waals surface area (Å²) in [6.07, 6.45) is 6.19. The van der Waals surface area contributed by atoms with Crippen molar-refractivity contribution < 1.29 is 9.59 Å². The van der Waals surface area contributed by atoms with Crippen LogP contribution in [0.15, 0.2) is 29.4 Å². The normalized spacial score (nSPS) is 16.0. The van der Waals surface area contributed by atoms with Crippen molar-refractivity contribution in [2.24, 2.45) is 0 Å².